The van der Waals surface area contributed by atoms with Gasteiger partial charge >= 0.3 is 0 Å². The summed E-state index contributed by atoms with van der Waals surface area (Å²) in [7, 11) is 4.68. The number of nitrogens with zero attached hydrogens (tertiary/aromatic N) is 2. The number of carbonyl (C=O) groups is 1. The van der Waals surface area contributed by atoms with Crippen LogP contribution in [0, 0.1) is 0 Å². The van der Waals surface area contributed by atoms with Crippen molar-refractivity contribution in [2.75, 3.05) is 54.1 Å². The summed E-state index contributed by atoms with van der Waals surface area (Å²) in [4.78, 5) is 17.3. The smallest absolute Gasteiger partial charge is 0.257 e. The second kappa shape index (κ2) is 9.46. The first-order chi connectivity index (χ1) is 13.7. The Balaban J connectivity index is 1.62. The van der Waals surface area contributed by atoms with Crippen LogP contribution in [-0.4, -0.2) is 69.8 Å². The third-order valence-corrected chi connectivity index (χ3v) is 5.16. The van der Waals surface area contributed by atoms with E-state index in [1.165, 1.54) is 5.56 Å². The van der Waals surface area contributed by atoms with Crippen LogP contribution in [0.4, 0.5) is 0 Å². The zero-order valence-electron chi connectivity index (χ0n) is 16.8. The Morgan fingerprint density at radius 1 is 0.857 bits per heavy atom. The third kappa shape index (κ3) is 4.57. The highest BCUT2D eigenvalue weighted by Crippen LogP contribution is 2.35. The summed E-state index contributed by atoms with van der Waals surface area (Å²) < 4.78 is 16.1. The van der Waals surface area contributed by atoms with Gasteiger partial charge in [-0.25, -0.2) is 0 Å². The summed E-state index contributed by atoms with van der Waals surface area (Å²) in [6, 6.07) is 13.9. The van der Waals surface area contributed by atoms with Gasteiger partial charge in [-0.1, -0.05) is 30.3 Å². The molecule has 1 aliphatic rings. The topological polar surface area (TPSA) is 51.2 Å². The molecule has 0 unspecified atom stereocenters. The first-order valence-electron chi connectivity index (χ1n) is 9.51. The second-order valence-corrected chi connectivity index (χ2v) is 6.78. The van der Waals surface area contributed by atoms with Gasteiger partial charge in [-0.05, 0) is 12.0 Å². The lowest BCUT2D eigenvalue weighted by Gasteiger charge is -2.35. The van der Waals surface area contributed by atoms with Gasteiger partial charge in [0.25, 0.3) is 5.91 Å². The van der Waals surface area contributed by atoms with E-state index in [9.17, 15) is 4.79 Å². The molecule has 0 N–H and O–H groups in total. The van der Waals surface area contributed by atoms with Crippen molar-refractivity contribution < 1.29 is 19.0 Å². The molecule has 1 fully saturated rings. The van der Waals surface area contributed by atoms with Crippen molar-refractivity contribution in [3.63, 3.8) is 0 Å². The van der Waals surface area contributed by atoms with Gasteiger partial charge in [0.05, 0.1) is 26.9 Å². The maximum Gasteiger partial charge on any atom is 0.257 e. The van der Waals surface area contributed by atoms with Gasteiger partial charge in [0.2, 0.25) is 0 Å². The normalized spacial score (nSPS) is 14.6. The van der Waals surface area contributed by atoms with Gasteiger partial charge < -0.3 is 19.1 Å². The van der Waals surface area contributed by atoms with E-state index in [1.807, 2.05) is 11.0 Å². The molecule has 0 aliphatic carbocycles. The van der Waals surface area contributed by atoms with E-state index < -0.39 is 0 Å². The number of hydrogen-bond donors (Lipinski definition) is 0. The predicted molar refractivity (Wildman–Crippen MR) is 109 cm³/mol. The monoisotopic (exact) mass is 384 g/mol. The molecule has 0 saturated carbocycles. The van der Waals surface area contributed by atoms with Gasteiger partial charge in [-0.3, -0.25) is 9.69 Å². The first-order valence-corrected chi connectivity index (χ1v) is 9.51. The van der Waals surface area contributed by atoms with Crippen molar-refractivity contribution in [1.82, 2.24) is 9.80 Å². The molecule has 2 aromatic rings. The van der Waals surface area contributed by atoms with Crippen molar-refractivity contribution >= 4 is 5.91 Å². The second-order valence-electron chi connectivity index (χ2n) is 6.78. The fourth-order valence-corrected chi connectivity index (χ4v) is 3.47. The van der Waals surface area contributed by atoms with Crippen molar-refractivity contribution in [3.8, 4) is 17.2 Å². The number of amides is 1. The third-order valence-electron chi connectivity index (χ3n) is 5.16. The number of hydrogen-bond acceptors (Lipinski definition) is 5. The van der Waals surface area contributed by atoms with Crippen LogP contribution in [0.3, 0.4) is 0 Å². The molecule has 3 rings (SSSR count). The summed E-state index contributed by atoms with van der Waals surface area (Å²) in [6.07, 6.45) is 1.03. The highest BCUT2D eigenvalue weighted by Gasteiger charge is 2.26. The molecule has 6 nitrogen and oxygen atoms in total. The van der Waals surface area contributed by atoms with E-state index in [2.05, 4.69) is 29.2 Å². The Kier molecular flexibility index (Phi) is 6.76. The van der Waals surface area contributed by atoms with E-state index in [0.717, 1.165) is 26.1 Å². The number of carbonyl (C=O) groups excluding carboxylic acids is 1. The van der Waals surface area contributed by atoms with E-state index in [0.29, 0.717) is 35.9 Å². The zero-order valence-corrected chi connectivity index (χ0v) is 16.8. The van der Waals surface area contributed by atoms with Gasteiger partial charge in [0, 0.05) is 44.9 Å². The minimum atomic E-state index is -0.0412. The summed E-state index contributed by atoms with van der Waals surface area (Å²) in [6.45, 7) is 4.14. The minimum absolute atomic E-state index is 0.0412. The Hall–Kier alpha value is -2.73. The number of piperazine rings is 1. The predicted octanol–water partition coefficient (Wildman–Crippen LogP) is 2.71. The molecule has 0 bridgehead atoms. The van der Waals surface area contributed by atoms with Crippen molar-refractivity contribution in [2.24, 2.45) is 0 Å². The molecule has 1 amide bonds. The fraction of sp³-hybridized carbons (Fsp3) is 0.409. The molecule has 0 atom stereocenters. The largest absolute Gasteiger partial charge is 0.496 e. The van der Waals surface area contributed by atoms with Crippen LogP contribution < -0.4 is 14.2 Å². The molecular weight excluding hydrogens is 356 g/mol. The standard InChI is InChI=1S/C22H28N2O4/c1-26-19-16-21(28-3)20(27-2)15-18(19)22(25)24-13-11-23(12-14-24)10-9-17-7-5-4-6-8-17/h4-8,15-16H,9-14H2,1-3H3. The number of methoxy groups -OCH3 is 3. The van der Waals surface area contributed by atoms with Crippen LogP contribution in [-0.2, 0) is 6.42 Å². The molecular formula is C22H28N2O4. The van der Waals surface area contributed by atoms with Gasteiger partial charge in [-0.2, -0.15) is 0 Å². The number of ether oxygens (including phenoxy) is 3. The van der Waals surface area contributed by atoms with Gasteiger partial charge in [0.15, 0.2) is 11.5 Å². The minimum Gasteiger partial charge on any atom is -0.496 e. The van der Waals surface area contributed by atoms with Crippen molar-refractivity contribution in [2.45, 2.75) is 6.42 Å². The molecule has 0 aromatic heterocycles. The maximum atomic E-state index is 13.1. The van der Waals surface area contributed by atoms with E-state index in [1.54, 1.807) is 33.5 Å². The molecule has 28 heavy (non-hydrogen) atoms. The van der Waals surface area contributed by atoms with E-state index in [4.69, 9.17) is 14.2 Å². The molecule has 1 aliphatic heterocycles. The van der Waals surface area contributed by atoms with E-state index in [-0.39, 0.29) is 5.91 Å². The summed E-state index contributed by atoms with van der Waals surface area (Å²) in [5.41, 5.74) is 1.84. The SMILES string of the molecule is COc1cc(OC)c(C(=O)N2CCN(CCc3ccccc3)CC2)cc1OC. The highest BCUT2D eigenvalue weighted by atomic mass is 16.5. The molecule has 6 heteroatoms. The summed E-state index contributed by atoms with van der Waals surface area (Å²) in [5.74, 6) is 1.52. The average molecular weight is 384 g/mol. The summed E-state index contributed by atoms with van der Waals surface area (Å²) in [5, 5.41) is 0. The first kappa shape index (κ1) is 20.0. The summed E-state index contributed by atoms with van der Waals surface area (Å²) >= 11 is 0. The Morgan fingerprint density at radius 2 is 1.46 bits per heavy atom. The van der Waals surface area contributed by atoms with Crippen molar-refractivity contribution in [3.05, 3.63) is 53.6 Å². The lowest BCUT2D eigenvalue weighted by Crippen LogP contribution is -2.49. The molecule has 1 heterocycles. The van der Waals surface area contributed by atoms with E-state index >= 15 is 0 Å². The maximum absolute atomic E-state index is 13.1. The Morgan fingerprint density at radius 3 is 2.07 bits per heavy atom. The fourth-order valence-electron chi connectivity index (χ4n) is 3.47. The Labute approximate surface area is 166 Å². The van der Waals surface area contributed by atoms with Crippen LogP contribution in [0.15, 0.2) is 42.5 Å². The van der Waals surface area contributed by atoms with Crippen LogP contribution >= 0.6 is 0 Å². The molecule has 0 radical (unpaired) electrons. The number of rotatable bonds is 7. The van der Waals surface area contributed by atoms with Crippen LogP contribution in [0.5, 0.6) is 17.2 Å². The number of benzene rings is 2. The van der Waals surface area contributed by atoms with Gasteiger partial charge in [0.1, 0.15) is 5.75 Å². The highest BCUT2D eigenvalue weighted by molar-refractivity contribution is 5.98. The molecule has 0 spiro atoms. The quantitative estimate of drug-likeness (QED) is 0.735. The molecule has 2 aromatic carbocycles. The van der Waals surface area contributed by atoms with Gasteiger partial charge in [-0.15, -0.1) is 0 Å². The van der Waals surface area contributed by atoms with Crippen LogP contribution in [0.1, 0.15) is 15.9 Å². The van der Waals surface area contributed by atoms with Crippen LogP contribution in [0.2, 0.25) is 0 Å². The lowest BCUT2D eigenvalue weighted by atomic mass is 10.1. The average Bonchev–Trinajstić information content (AvgIpc) is 2.77. The molecule has 150 valence electrons. The lowest BCUT2D eigenvalue weighted by molar-refractivity contribution is 0.0635. The molecule has 1 saturated heterocycles. The zero-order chi connectivity index (χ0) is 19.9. The van der Waals surface area contributed by atoms with Crippen molar-refractivity contribution in [1.29, 1.82) is 0 Å². The van der Waals surface area contributed by atoms with Crippen LogP contribution in [0.25, 0.3) is 0 Å². The Bertz CT molecular complexity index is 787.